The monoisotopic (exact) mass is 310 g/mol. The van der Waals surface area contributed by atoms with Gasteiger partial charge in [-0.25, -0.2) is 4.79 Å². The molecule has 0 heterocycles. The van der Waals surface area contributed by atoms with Gasteiger partial charge < -0.3 is 15.4 Å². The number of nitrogens with one attached hydrogen (secondary N) is 2. The number of carbonyl (C=O) groups is 1. The molecule has 0 bridgehead atoms. The SMILES string of the molecule is CC(C)C(CNC(=O)OC(C)(C)C)C(C#N)NCCN=[N+]=[N-]. The molecule has 8 nitrogen and oxygen atoms in total. The lowest BCUT2D eigenvalue weighted by atomic mass is 9.89. The topological polar surface area (TPSA) is 123 Å². The molecule has 0 aromatic heterocycles. The molecule has 0 radical (unpaired) electrons. The van der Waals surface area contributed by atoms with Crippen LogP contribution in [-0.4, -0.2) is 37.4 Å². The Bertz CT molecular complexity index is 432. The zero-order valence-corrected chi connectivity index (χ0v) is 14.0. The Morgan fingerprint density at radius 2 is 2.09 bits per heavy atom. The van der Waals surface area contributed by atoms with Gasteiger partial charge >= 0.3 is 6.09 Å². The van der Waals surface area contributed by atoms with Crippen molar-refractivity contribution in [2.45, 2.75) is 46.3 Å². The quantitative estimate of drug-likeness (QED) is 0.309. The van der Waals surface area contributed by atoms with E-state index < -0.39 is 17.7 Å². The van der Waals surface area contributed by atoms with Crippen LogP contribution < -0.4 is 10.6 Å². The van der Waals surface area contributed by atoms with Crippen LogP contribution in [0.4, 0.5) is 4.79 Å². The first kappa shape index (κ1) is 20.0. The maximum absolute atomic E-state index is 11.7. The maximum Gasteiger partial charge on any atom is 0.407 e. The summed E-state index contributed by atoms with van der Waals surface area (Å²) in [4.78, 5) is 14.4. The molecule has 0 fully saturated rings. The number of nitriles is 1. The summed E-state index contributed by atoms with van der Waals surface area (Å²) >= 11 is 0. The standard InChI is InChI=1S/C14H26N6O2/c1-10(2)11(9-18-13(21)22-14(3,4)5)12(8-15)17-6-7-19-20-16/h10-12,17H,6-7,9H2,1-5H3,(H,18,21). The van der Waals surface area contributed by atoms with Gasteiger partial charge in [0, 0.05) is 30.5 Å². The van der Waals surface area contributed by atoms with Gasteiger partial charge in [-0.3, -0.25) is 0 Å². The average molecular weight is 310 g/mol. The van der Waals surface area contributed by atoms with E-state index in [4.69, 9.17) is 10.3 Å². The fraction of sp³-hybridized carbons (Fsp3) is 0.857. The fourth-order valence-electron chi connectivity index (χ4n) is 1.86. The molecule has 0 spiro atoms. The van der Waals surface area contributed by atoms with Crippen LogP contribution in [0, 0.1) is 23.2 Å². The molecule has 124 valence electrons. The largest absolute Gasteiger partial charge is 0.444 e. The molecule has 0 aliphatic heterocycles. The van der Waals surface area contributed by atoms with Gasteiger partial charge in [-0.2, -0.15) is 5.26 Å². The Kier molecular flexibility index (Phi) is 8.99. The molecule has 22 heavy (non-hydrogen) atoms. The third-order valence-corrected chi connectivity index (χ3v) is 2.94. The molecule has 0 aromatic rings. The number of amides is 1. The zero-order valence-electron chi connectivity index (χ0n) is 14.0. The predicted molar refractivity (Wildman–Crippen MR) is 84.0 cm³/mol. The molecule has 0 aliphatic rings. The third-order valence-electron chi connectivity index (χ3n) is 2.94. The van der Waals surface area contributed by atoms with Crippen molar-refractivity contribution < 1.29 is 9.53 Å². The first-order valence-corrected chi connectivity index (χ1v) is 7.32. The summed E-state index contributed by atoms with van der Waals surface area (Å²) in [5.74, 6) is 0.107. The molecule has 0 aromatic carbocycles. The minimum atomic E-state index is -0.556. The minimum absolute atomic E-state index is 0.0800. The molecule has 0 rings (SSSR count). The molecule has 2 unspecified atom stereocenters. The number of carbonyl (C=O) groups excluding carboxylic acids is 1. The molecule has 0 saturated heterocycles. The van der Waals surface area contributed by atoms with Crippen molar-refractivity contribution in [2.75, 3.05) is 19.6 Å². The van der Waals surface area contributed by atoms with Gasteiger partial charge in [-0.15, -0.1) is 0 Å². The van der Waals surface area contributed by atoms with Crippen molar-refractivity contribution in [1.29, 1.82) is 5.26 Å². The van der Waals surface area contributed by atoms with Crippen molar-refractivity contribution >= 4 is 6.09 Å². The summed E-state index contributed by atoms with van der Waals surface area (Å²) in [6, 6.07) is 1.75. The summed E-state index contributed by atoms with van der Waals surface area (Å²) < 4.78 is 5.19. The second-order valence-corrected chi connectivity index (χ2v) is 6.31. The summed E-state index contributed by atoms with van der Waals surface area (Å²) in [6.45, 7) is 10.4. The van der Waals surface area contributed by atoms with E-state index in [0.717, 1.165) is 0 Å². The number of nitrogens with zero attached hydrogens (tertiary/aromatic N) is 4. The number of azide groups is 1. The van der Waals surface area contributed by atoms with Gasteiger partial charge in [-0.1, -0.05) is 19.0 Å². The number of alkyl carbamates (subject to hydrolysis) is 1. The van der Waals surface area contributed by atoms with Gasteiger partial charge in [0.05, 0.1) is 6.07 Å². The smallest absolute Gasteiger partial charge is 0.407 e. The van der Waals surface area contributed by atoms with E-state index >= 15 is 0 Å². The van der Waals surface area contributed by atoms with E-state index in [1.54, 1.807) is 20.8 Å². The Labute approximate surface area is 131 Å². The number of ether oxygens (including phenoxy) is 1. The third kappa shape index (κ3) is 9.06. The number of rotatable bonds is 8. The molecule has 8 heteroatoms. The molecular weight excluding hydrogens is 284 g/mol. The molecule has 2 N–H and O–H groups in total. The normalized spacial score (nSPS) is 13.7. The number of hydrogen-bond donors (Lipinski definition) is 2. The van der Waals surface area contributed by atoms with E-state index in [-0.39, 0.29) is 18.4 Å². The molecule has 0 saturated carbocycles. The van der Waals surface area contributed by atoms with Crippen molar-refractivity contribution in [2.24, 2.45) is 17.0 Å². The summed E-state index contributed by atoms with van der Waals surface area (Å²) in [6.07, 6.45) is -0.496. The van der Waals surface area contributed by atoms with Gasteiger partial charge in [0.15, 0.2) is 0 Å². The summed E-state index contributed by atoms with van der Waals surface area (Å²) in [5, 5.41) is 18.5. The molecular formula is C14H26N6O2. The van der Waals surface area contributed by atoms with E-state index in [9.17, 15) is 10.1 Å². The van der Waals surface area contributed by atoms with E-state index in [1.807, 2.05) is 13.8 Å². The average Bonchev–Trinajstić information content (AvgIpc) is 2.38. The Morgan fingerprint density at radius 3 is 2.55 bits per heavy atom. The van der Waals surface area contributed by atoms with Crippen molar-refractivity contribution in [3.63, 3.8) is 0 Å². The molecule has 0 aliphatic carbocycles. The van der Waals surface area contributed by atoms with Gasteiger partial charge in [0.1, 0.15) is 11.6 Å². The highest BCUT2D eigenvalue weighted by Gasteiger charge is 2.25. The first-order chi connectivity index (χ1) is 10.2. The lowest BCUT2D eigenvalue weighted by Crippen LogP contribution is -2.45. The summed E-state index contributed by atoms with van der Waals surface area (Å²) in [7, 11) is 0. The lowest BCUT2D eigenvalue weighted by Gasteiger charge is -2.27. The van der Waals surface area contributed by atoms with Crippen LogP contribution in [0.1, 0.15) is 34.6 Å². The lowest BCUT2D eigenvalue weighted by molar-refractivity contribution is 0.0512. The maximum atomic E-state index is 11.7. The van der Waals surface area contributed by atoms with Crippen LogP contribution in [0.2, 0.25) is 0 Å². The van der Waals surface area contributed by atoms with Crippen LogP contribution in [0.15, 0.2) is 5.11 Å². The fourth-order valence-corrected chi connectivity index (χ4v) is 1.86. The van der Waals surface area contributed by atoms with Crippen LogP contribution >= 0.6 is 0 Å². The minimum Gasteiger partial charge on any atom is -0.444 e. The van der Waals surface area contributed by atoms with Crippen LogP contribution in [0.25, 0.3) is 10.4 Å². The number of hydrogen-bond acceptors (Lipinski definition) is 5. The van der Waals surface area contributed by atoms with Crippen LogP contribution in [-0.2, 0) is 4.74 Å². The first-order valence-electron chi connectivity index (χ1n) is 7.32. The Balaban J connectivity index is 4.53. The van der Waals surface area contributed by atoms with Crippen LogP contribution in [0.3, 0.4) is 0 Å². The van der Waals surface area contributed by atoms with E-state index in [2.05, 4.69) is 26.7 Å². The molecule has 2 atom stereocenters. The zero-order chi connectivity index (χ0) is 17.2. The van der Waals surface area contributed by atoms with E-state index in [0.29, 0.717) is 13.1 Å². The van der Waals surface area contributed by atoms with Gasteiger partial charge in [0.2, 0.25) is 0 Å². The Hall–Kier alpha value is -1.97. The highest BCUT2D eigenvalue weighted by atomic mass is 16.6. The van der Waals surface area contributed by atoms with Gasteiger partial charge in [-0.05, 0) is 32.2 Å². The van der Waals surface area contributed by atoms with Crippen LogP contribution in [0.5, 0.6) is 0 Å². The van der Waals surface area contributed by atoms with E-state index in [1.165, 1.54) is 0 Å². The second kappa shape index (κ2) is 9.87. The van der Waals surface area contributed by atoms with Crippen molar-refractivity contribution in [3.8, 4) is 6.07 Å². The summed E-state index contributed by atoms with van der Waals surface area (Å²) in [5.41, 5.74) is 7.67. The Morgan fingerprint density at radius 1 is 1.45 bits per heavy atom. The van der Waals surface area contributed by atoms with Crippen molar-refractivity contribution in [3.05, 3.63) is 10.4 Å². The van der Waals surface area contributed by atoms with Gasteiger partial charge in [0.25, 0.3) is 0 Å². The highest BCUT2D eigenvalue weighted by Crippen LogP contribution is 2.15. The highest BCUT2D eigenvalue weighted by molar-refractivity contribution is 5.67. The van der Waals surface area contributed by atoms with Crippen molar-refractivity contribution in [1.82, 2.24) is 10.6 Å². The second-order valence-electron chi connectivity index (χ2n) is 6.31. The predicted octanol–water partition coefficient (Wildman–Crippen LogP) is 2.58. The molecule has 1 amide bonds.